The van der Waals surface area contributed by atoms with E-state index in [0.29, 0.717) is 5.54 Å². The van der Waals surface area contributed by atoms with Gasteiger partial charge in [-0.2, -0.15) is 0 Å². The number of halogens is 1. The van der Waals surface area contributed by atoms with Gasteiger partial charge in [-0.05, 0) is 37.1 Å². The summed E-state index contributed by atoms with van der Waals surface area (Å²) < 4.78 is 12.9. The van der Waals surface area contributed by atoms with Crippen molar-refractivity contribution in [3.8, 4) is 0 Å². The molecule has 0 aromatic heterocycles. The standard InChI is InChI=1S/C14H19FN2/c15-12-3-5-13(6-4-12)17-10-9-16-14(11-17)7-1-2-8-14/h3-6,16H,1-2,7-11H2. The van der Waals surface area contributed by atoms with Crippen LogP contribution in [0, 0.1) is 5.82 Å². The van der Waals surface area contributed by atoms with Crippen molar-refractivity contribution < 1.29 is 4.39 Å². The summed E-state index contributed by atoms with van der Waals surface area (Å²) in [6, 6.07) is 6.89. The van der Waals surface area contributed by atoms with Crippen molar-refractivity contribution in [1.29, 1.82) is 0 Å². The van der Waals surface area contributed by atoms with Crippen LogP contribution in [0.4, 0.5) is 10.1 Å². The largest absolute Gasteiger partial charge is 0.368 e. The summed E-state index contributed by atoms with van der Waals surface area (Å²) in [5.41, 5.74) is 1.48. The number of hydrogen-bond acceptors (Lipinski definition) is 2. The molecule has 1 N–H and O–H groups in total. The maximum atomic E-state index is 12.9. The zero-order valence-corrected chi connectivity index (χ0v) is 10.1. The maximum Gasteiger partial charge on any atom is 0.123 e. The second-order valence-corrected chi connectivity index (χ2v) is 5.31. The smallest absolute Gasteiger partial charge is 0.123 e. The van der Waals surface area contributed by atoms with Crippen LogP contribution in [0.1, 0.15) is 25.7 Å². The molecular formula is C14H19FN2. The van der Waals surface area contributed by atoms with E-state index in [0.717, 1.165) is 25.3 Å². The third-order valence-corrected chi connectivity index (χ3v) is 4.13. The van der Waals surface area contributed by atoms with Crippen molar-refractivity contribution in [1.82, 2.24) is 5.32 Å². The van der Waals surface area contributed by atoms with Gasteiger partial charge in [-0.25, -0.2) is 4.39 Å². The van der Waals surface area contributed by atoms with Gasteiger partial charge in [0.15, 0.2) is 0 Å². The Morgan fingerprint density at radius 1 is 1.12 bits per heavy atom. The molecule has 1 saturated carbocycles. The first-order valence-corrected chi connectivity index (χ1v) is 6.53. The van der Waals surface area contributed by atoms with Crippen molar-refractivity contribution >= 4 is 5.69 Å². The van der Waals surface area contributed by atoms with Crippen LogP contribution < -0.4 is 10.2 Å². The number of piperazine rings is 1. The van der Waals surface area contributed by atoms with Gasteiger partial charge in [0.1, 0.15) is 5.82 Å². The van der Waals surface area contributed by atoms with Gasteiger partial charge in [-0.15, -0.1) is 0 Å². The molecule has 1 aromatic rings. The molecule has 0 radical (unpaired) electrons. The summed E-state index contributed by atoms with van der Waals surface area (Å²) in [5.74, 6) is -0.153. The third kappa shape index (κ3) is 2.16. The minimum absolute atomic E-state index is 0.153. The van der Waals surface area contributed by atoms with Crippen molar-refractivity contribution in [3.63, 3.8) is 0 Å². The number of rotatable bonds is 1. The highest BCUT2D eigenvalue weighted by Crippen LogP contribution is 2.33. The highest BCUT2D eigenvalue weighted by molar-refractivity contribution is 5.47. The van der Waals surface area contributed by atoms with Crippen molar-refractivity contribution in [2.45, 2.75) is 31.2 Å². The average Bonchev–Trinajstić information content (AvgIpc) is 2.78. The summed E-state index contributed by atoms with van der Waals surface area (Å²) >= 11 is 0. The fraction of sp³-hybridized carbons (Fsp3) is 0.571. The number of benzene rings is 1. The minimum Gasteiger partial charge on any atom is -0.368 e. The van der Waals surface area contributed by atoms with Crippen LogP contribution in [0.25, 0.3) is 0 Å². The highest BCUT2D eigenvalue weighted by atomic mass is 19.1. The van der Waals surface area contributed by atoms with Crippen LogP contribution in [0.5, 0.6) is 0 Å². The SMILES string of the molecule is Fc1ccc(N2CCNC3(CCCC3)C2)cc1. The quantitative estimate of drug-likeness (QED) is 0.803. The van der Waals surface area contributed by atoms with Gasteiger partial charge in [-0.3, -0.25) is 0 Å². The molecule has 2 fully saturated rings. The molecular weight excluding hydrogens is 215 g/mol. The van der Waals surface area contributed by atoms with Gasteiger partial charge >= 0.3 is 0 Å². The summed E-state index contributed by atoms with van der Waals surface area (Å²) in [7, 11) is 0. The van der Waals surface area contributed by atoms with Gasteiger partial charge in [-0.1, -0.05) is 12.8 Å². The van der Waals surface area contributed by atoms with E-state index in [1.165, 1.54) is 25.7 Å². The molecule has 92 valence electrons. The normalized spacial score (nSPS) is 23.2. The Labute approximate surface area is 102 Å². The van der Waals surface area contributed by atoms with Crippen LogP contribution in [-0.4, -0.2) is 25.2 Å². The fourth-order valence-corrected chi connectivity index (χ4v) is 3.22. The summed E-state index contributed by atoms with van der Waals surface area (Å²) in [6.07, 6.45) is 5.24. The second-order valence-electron chi connectivity index (χ2n) is 5.31. The summed E-state index contributed by atoms with van der Waals surface area (Å²) in [6.45, 7) is 3.13. The Balaban J connectivity index is 1.77. The molecule has 1 aromatic carbocycles. The molecule has 3 rings (SSSR count). The van der Waals surface area contributed by atoms with Gasteiger partial charge < -0.3 is 10.2 Å². The number of hydrogen-bond donors (Lipinski definition) is 1. The molecule has 1 aliphatic carbocycles. The van der Waals surface area contributed by atoms with Gasteiger partial charge in [0.25, 0.3) is 0 Å². The Kier molecular flexibility index (Phi) is 2.79. The monoisotopic (exact) mass is 234 g/mol. The first-order valence-electron chi connectivity index (χ1n) is 6.53. The topological polar surface area (TPSA) is 15.3 Å². The lowest BCUT2D eigenvalue weighted by atomic mass is 9.94. The van der Waals surface area contributed by atoms with E-state index in [9.17, 15) is 4.39 Å². The van der Waals surface area contributed by atoms with Crippen LogP contribution in [-0.2, 0) is 0 Å². The number of nitrogens with zero attached hydrogens (tertiary/aromatic N) is 1. The third-order valence-electron chi connectivity index (χ3n) is 4.13. The lowest BCUT2D eigenvalue weighted by Gasteiger charge is -2.42. The number of nitrogens with one attached hydrogen (secondary N) is 1. The molecule has 2 nitrogen and oxygen atoms in total. The lowest BCUT2D eigenvalue weighted by Crippen LogP contribution is -2.59. The Morgan fingerprint density at radius 3 is 2.53 bits per heavy atom. The van der Waals surface area contributed by atoms with Crippen LogP contribution in [0.2, 0.25) is 0 Å². The predicted molar refractivity (Wildman–Crippen MR) is 67.8 cm³/mol. The van der Waals surface area contributed by atoms with Gasteiger partial charge in [0.2, 0.25) is 0 Å². The van der Waals surface area contributed by atoms with E-state index in [1.807, 2.05) is 12.1 Å². The Bertz CT molecular complexity index is 382. The molecule has 1 saturated heterocycles. The van der Waals surface area contributed by atoms with E-state index in [1.54, 1.807) is 12.1 Å². The first-order chi connectivity index (χ1) is 8.27. The van der Waals surface area contributed by atoms with E-state index in [-0.39, 0.29) is 5.82 Å². The highest BCUT2D eigenvalue weighted by Gasteiger charge is 2.37. The summed E-state index contributed by atoms with van der Waals surface area (Å²) in [4.78, 5) is 2.39. The zero-order valence-electron chi connectivity index (χ0n) is 10.1. The Hall–Kier alpha value is -1.09. The van der Waals surface area contributed by atoms with Gasteiger partial charge in [0.05, 0.1) is 0 Å². The zero-order chi connectivity index (χ0) is 11.7. The van der Waals surface area contributed by atoms with Crippen molar-refractivity contribution in [2.75, 3.05) is 24.5 Å². The molecule has 0 bridgehead atoms. The van der Waals surface area contributed by atoms with E-state index in [2.05, 4.69) is 10.2 Å². The average molecular weight is 234 g/mol. The summed E-state index contributed by atoms with van der Waals surface area (Å²) in [5, 5.41) is 3.69. The predicted octanol–water partition coefficient (Wildman–Crippen LogP) is 2.55. The van der Waals surface area contributed by atoms with Crippen molar-refractivity contribution in [3.05, 3.63) is 30.1 Å². The molecule has 2 aliphatic rings. The Morgan fingerprint density at radius 2 is 1.82 bits per heavy atom. The van der Waals surface area contributed by atoms with E-state index < -0.39 is 0 Å². The molecule has 17 heavy (non-hydrogen) atoms. The van der Waals surface area contributed by atoms with E-state index in [4.69, 9.17) is 0 Å². The molecule has 1 spiro atoms. The lowest BCUT2D eigenvalue weighted by molar-refractivity contribution is 0.304. The molecule has 0 atom stereocenters. The minimum atomic E-state index is -0.153. The maximum absolute atomic E-state index is 12.9. The first kappa shape index (κ1) is 11.0. The number of anilines is 1. The van der Waals surface area contributed by atoms with Crippen molar-refractivity contribution in [2.24, 2.45) is 0 Å². The van der Waals surface area contributed by atoms with Gasteiger partial charge in [0, 0.05) is 30.9 Å². The van der Waals surface area contributed by atoms with Crippen LogP contribution in [0.15, 0.2) is 24.3 Å². The second kappa shape index (κ2) is 4.30. The fourth-order valence-electron chi connectivity index (χ4n) is 3.22. The molecule has 0 unspecified atom stereocenters. The molecule has 3 heteroatoms. The van der Waals surface area contributed by atoms with Crippen LogP contribution >= 0.6 is 0 Å². The molecule has 1 heterocycles. The van der Waals surface area contributed by atoms with E-state index >= 15 is 0 Å². The molecule has 1 aliphatic heterocycles. The molecule has 0 amide bonds. The van der Waals surface area contributed by atoms with Crippen LogP contribution in [0.3, 0.4) is 0 Å².